The van der Waals surface area contributed by atoms with Gasteiger partial charge in [-0.05, 0) is 56.1 Å². The Balaban J connectivity index is 3.12. The fourth-order valence-corrected chi connectivity index (χ4v) is 2.76. The Kier molecular flexibility index (Phi) is 6.53. The van der Waals surface area contributed by atoms with E-state index >= 15 is 0 Å². The van der Waals surface area contributed by atoms with E-state index in [4.69, 9.17) is 0 Å². The topological polar surface area (TPSA) is 24.1 Å². The normalized spacial score (nSPS) is 14.7. The summed E-state index contributed by atoms with van der Waals surface area (Å²) in [6.45, 7) is 10.1. The average molecular weight is 262 g/mol. The number of hydrogen-bond donors (Lipinski definition) is 2. The first-order chi connectivity index (χ1) is 9.04. The van der Waals surface area contributed by atoms with E-state index in [9.17, 15) is 0 Å². The summed E-state index contributed by atoms with van der Waals surface area (Å²) in [5, 5.41) is 6.84. The van der Waals surface area contributed by atoms with Gasteiger partial charge >= 0.3 is 0 Å². The largest absolute Gasteiger partial charge is 0.319 e. The second-order valence-corrected chi connectivity index (χ2v) is 5.76. The molecule has 0 aliphatic rings. The highest BCUT2D eigenvalue weighted by Crippen LogP contribution is 2.29. The van der Waals surface area contributed by atoms with Gasteiger partial charge in [-0.1, -0.05) is 45.4 Å². The molecule has 0 saturated heterocycles. The van der Waals surface area contributed by atoms with E-state index in [1.165, 1.54) is 23.1 Å². The second kappa shape index (κ2) is 7.66. The van der Waals surface area contributed by atoms with Crippen molar-refractivity contribution in [3.05, 3.63) is 34.9 Å². The van der Waals surface area contributed by atoms with E-state index in [1.54, 1.807) is 0 Å². The van der Waals surface area contributed by atoms with Crippen molar-refractivity contribution in [1.82, 2.24) is 10.6 Å². The van der Waals surface area contributed by atoms with E-state index in [0.717, 1.165) is 6.54 Å². The first-order valence-electron chi connectivity index (χ1n) is 7.47. The fraction of sp³-hybridized carbons (Fsp3) is 0.647. The molecule has 2 nitrogen and oxygen atoms in total. The van der Waals surface area contributed by atoms with Gasteiger partial charge in [0.05, 0.1) is 0 Å². The van der Waals surface area contributed by atoms with Gasteiger partial charge in [0, 0.05) is 6.04 Å². The van der Waals surface area contributed by atoms with Gasteiger partial charge in [0.15, 0.2) is 0 Å². The maximum Gasteiger partial charge on any atom is 0.0360 e. The molecule has 0 bridgehead atoms. The number of nitrogens with one attached hydrogen (secondary N) is 2. The van der Waals surface area contributed by atoms with E-state index < -0.39 is 0 Å². The third kappa shape index (κ3) is 4.05. The van der Waals surface area contributed by atoms with Crippen molar-refractivity contribution >= 4 is 0 Å². The van der Waals surface area contributed by atoms with Gasteiger partial charge in [-0.2, -0.15) is 0 Å². The van der Waals surface area contributed by atoms with Gasteiger partial charge < -0.3 is 10.6 Å². The summed E-state index contributed by atoms with van der Waals surface area (Å²) in [5.41, 5.74) is 4.27. The van der Waals surface area contributed by atoms with Crippen molar-refractivity contribution in [1.29, 1.82) is 0 Å². The summed E-state index contributed by atoms with van der Waals surface area (Å²) >= 11 is 0. The van der Waals surface area contributed by atoms with Crippen LogP contribution in [0, 0.1) is 12.8 Å². The number of benzene rings is 1. The van der Waals surface area contributed by atoms with Crippen molar-refractivity contribution in [2.75, 3.05) is 20.6 Å². The quantitative estimate of drug-likeness (QED) is 0.784. The molecule has 2 unspecified atom stereocenters. The number of aryl methyl sites for hydroxylation is 1. The minimum absolute atomic E-state index is 0.427. The molecule has 0 fully saturated rings. The van der Waals surface area contributed by atoms with Crippen LogP contribution in [-0.4, -0.2) is 20.6 Å². The van der Waals surface area contributed by atoms with Crippen LogP contribution in [0.5, 0.6) is 0 Å². The van der Waals surface area contributed by atoms with Crippen molar-refractivity contribution in [3.63, 3.8) is 0 Å². The fourth-order valence-electron chi connectivity index (χ4n) is 2.76. The molecular weight excluding hydrogens is 232 g/mol. The van der Waals surface area contributed by atoms with Crippen LogP contribution < -0.4 is 10.6 Å². The Hall–Kier alpha value is -0.860. The monoisotopic (exact) mass is 262 g/mol. The van der Waals surface area contributed by atoms with E-state index in [0.29, 0.717) is 17.9 Å². The van der Waals surface area contributed by atoms with Crippen LogP contribution in [0.2, 0.25) is 0 Å². The van der Waals surface area contributed by atoms with Gasteiger partial charge in [0.2, 0.25) is 0 Å². The predicted octanol–water partition coefficient (Wildman–Crippen LogP) is 3.62. The summed E-state index contributed by atoms with van der Waals surface area (Å²) in [4.78, 5) is 0. The zero-order chi connectivity index (χ0) is 14.4. The summed E-state index contributed by atoms with van der Waals surface area (Å²) in [6.07, 6.45) is 1.18. The molecule has 0 spiro atoms. The van der Waals surface area contributed by atoms with Gasteiger partial charge in [-0.3, -0.25) is 0 Å². The first kappa shape index (κ1) is 16.2. The number of rotatable bonds is 7. The summed E-state index contributed by atoms with van der Waals surface area (Å²) < 4.78 is 0. The van der Waals surface area contributed by atoms with E-state index in [-0.39, 0.29) is 0 Å². The maximum absolute atomic E-state index is 3.52. The molecule has 2 heteroatoms. The van der Waals surface area contributed by atoms with Crippen LogP contribution in [-0.2, 0) is 0 Å². The van der Waals surface area contributed by atoms with Crippen molar-refractivity contribution < 1.29 is 0 Å². The molecule has 2 N–H and O–H groups in total. The molecule has 0 aromatic heterocycles. The van der Waals surface area contributed by atoms with E-state index in [2.05, 4.69) is 63.6 Å². The Bertz CT molecular complexity index is 385. The molecule has 0 heterocycles. The van der Waals surface area contributed by atoms with Gasteiger partial charge in [-0.25, -0.2) is 0 Å². The molecule has 0 radical (unpaired) electrons. The molecule has 2 atom stereocenters. The molecule has 1 aromatic rings. The summed E-state index contributed by atoms with van der Waals surface area (Å²) in [5.74, 6) is 1.21. The third-order valence-electron chi connectivity index (χ3n) is 4.08. The second-order valence-electron chi connectivity index (χ2n) is 5.76. The minimum atomic E-state index is 0.427. The summed E-state index contributed by atoms with van der Waals surface area (Å²) in [6, 6.07) is 7.34. The van der Waals surface area contributed by atoms with Crippen LogP contribution in [0.4, 0.5) is 0 Å². The molecule has 1 rings (SSSR count). The predicted molar refractivity (Wildman–Crippen MR) is 84.8 cm³/mol. The van der Waals surface area contributed by atoms with Gasteiger partial charge in [-0.15, -0.1) is 0 Å². The highest BCUT2D eigenvalue weighted by atomic mass is 14.9. The lowest BCUT2D eigenvalue weighted by Crippen LogP contribution is -2.32. The maximum atomic E-state index is 3.52. The summed E-state index contributed by atoms with van der Waals surface area (Å²) in [7, 11) is 4.11. The van der Waals surface area contributed by atoms with Crippen LogP contribution in [0.1, 0.15) is 55.8 Å². The van der Waals surface area contributed by atoms with Crippen LogP contribution in [0.3, 0.4) is 0 Å². The number of hydrogen-bond acceptors (Lipinski definition) is 2. The molecule has 0 saturated carbocycles. The molecular formula is C17H30N2. The molecule has 0 aliphatic carbocycles. The van der Waals surface area contributed by atoms with Crippen molar-refractivity contribution in [2.24, 2.45) is 5.92 Å². The zero-order valence-corrected chi connectivity index (χ0v) is 13.4. The Labute approximate surface area is 119 Å². The van der Waals surface area contributed by atoms with Crippen molar-refractivity contribution in [2.45, 2.75) is 46.1 Å². The third-order valence-corrected chi connectivity index (χ3v) is 4.08. The Morgan fingerprint density at radius 3 is 2.32 bits per heavy atom. The van der Waals surface area contributed by atoms with Crippen LogP contribution in [0.25, 0.3) is 0 Å². The Morgan fingerprint density at radius 2 is 1.84 bits per heavy atom. The lowest BCUT2D eigenvalue weighted by molar-refractivity contribution is 0.358. The van der Waals surface area contributed by atoms with Gasteiger partial charge in [0.25, 0.3) is 0 Å². The average Bonchev–Trinajstić information content (AvgIpc) is 2.40. The molecule has 1 aromatic carbocycles. The standard InChI is InChI=1S/C17H30N2/c1-7-14(11-18-5)17(19-6)16-10-15(12(2)3)9-8-13(16)4/h8-10,12,14,17-19H,7,11H2,1-6H3. The lowest BCUT2D eigenvalue weighted by Gasteiger charge is -2.28. The smallest absolute Gasteiger partial charge is 0.0360 e. The Morgan fingerprint density at radius 1 is 1.16 bits per heavy atom. The molecule has 0 aliphatic heterocycles. The highest BCUT2D eigenvalue weighted by Gasteiger charge is 2.21. The SMILES string of the molecule is CCC(CNC)C(NC)c1cc(C(C)C)ccc1C. The van der Waals surface area contributed by atoms with Crippen LogP contribution >= 0.6 is 0 Å². The molecule has 108 valence electrons. The molecule has 19 heavy (non-hydrogen) atoms. The lowest BCUT2D eigenvalue weighted by atomic mass is 9.86. The van der Waals surface area contributed by atoms with Crippen molar-refractivity contribution in [3.8, 4) is 0 Å². The minimum Gasteiger partial charge on any atom is -0.319 e. The highest BCUT2D eigenvalue weighted by molar-refractivity contribution is 5.35. The molecule has 0 amide bonds. The van der Waals surface area contributed by atoms with Gasteiger partial charge in [0.1, 0.15) is 0 Å². The first-order valence-corrected chi connectivity index (χ1v) is 7.47. The van der Waals surface area contributed by atoms with E-state index in [1.807, 2.05) is 7.05 Å². The zero-order valence-electron chi connectivity index (χ0n) is 13.4. The van der Waals surface area contributed by atoms with Crippen LogP contribution in [0.15, 0.2) is 18.2 Å².